The molecule has 0 unspecified atom stereocenters. The van der Waals surface area contributed by atoms with E-state index in [1.807, 2.05) is 24.4 Å². The van der Waals surface area contributed by atoms with Crippen LogP contribution in [-0.2, 0) is 6.42 Å². The summed E-state index contributed by atoms with van der Waals surface area (Å²) in [6.07, 6.45) is 7.74. The number of aromatic nitrogens is 1. The molecule has 0 atom stereocenters. The fraction of sp³-hybridized carbons (Fsp3) is 0.625. The summed E-state index contributed by atoms with van der Waals surface area (Å²) < 4.78 is 0. The maximum Gasteiger partial charge on any atom is 0.188 e. The topological polar surface area (TPSA) is 66.5 Å². The smallest absolute Gasteiger partial charge is 0.188 e. The Kier molecular flexibility index (Phi) is 10.1. The van der Waals surface area contributed by atoms with Crippen molar-refractivity contribution in [1.29, 1.82) is 0 Å². The van der Waals surface area contributed by atoms with Gasteiger partial charge in [0.2, 0.25) is 0 Å². The lowest BCUT2D eigenvalue weighted by Crippen LogP contribution is -2.33. The molecule has 6 heteroatoms. The molecule has 1 aromatic heterocycles. The molecule has 1 aliphatic heterocycles. The molecule has 22 heavy (non-hydrogen) atoms. The van der Waals surface area contributed by atoms with Gasteiger partial charge >= 0.3 is 0 Å². The summed E-state index contributed by atoms with van der Waals surface area (Å²) in [5.74, 6) is 0.548. The van der Waals surface area contributed by atoms with Crippen LogP contribution in [0.3, 0.4) is 0 Å². The summed E-state index contributed by atoms with van der Waals surface area (Å²) in [5.41, 5.74) is 6.92. The van der Waals surface area contributed by atoms with E-state index in [0.29, 0.717) is 5.96 Å². The number of hydrogen-bond donors (Lipinski definition) is 2. The molecule has 1 aliphatic rings. The van der Waals surface area contributed by atoms with Crippen molar-refractivity contribution in [1.82, 2.24) is 15.2 Å². The number of nitrogens with one attached hydrogen (secondary N) is 1. The molecule has 5 nitrogen and oxygen atoms in total. The van der Waals surface area contributed by atoms with E-state index in [4.69, 9.17) is 5.73 Å². The van der Waals surface area contributed by atoms with Crippen LogP contribution >= 0.6 is 24.0 Å². The minimum Gasteiger partial charge on any atom is -0.370 e. The Balaban J connectivity index is 0.00000242. The van der Waals surface area contributed by atoms with Crippen LogP contribution in [0.1, 0.15) is 31.4 Å². The minimum absolute atomic E-state index is 0. The Hall–Kier alpha value is -0.890. The normalized spacial score (nSPS) is 15.5. The summed E-state index contributed by atoms with van der Waals surface area (Å²) in [4.78, 5) is 11.2. The van der Waals surface area contributed by atoms with Gasteiger partial charge in [-0.2, -0.15) is 0 Å². The molecular formula is C16H28IN5. The van der Waals surface area contributed by atoms with Crippen LogP contribution in [0, 0.1) is 0 Å². The van der Waals surface area contributed by atoms with Gasteiger partial charge in [-0.3, -0.25) is 9.98 Å². The number of nitrogens with zero attached hydrogens (tertiary/aromatic N) is 3. The van der Waals surface area contributed by atoms with E-state index >= 15 is 0 Å². The van der Waals surface area contributed by atoms with E-state index in [1.54, 1.807) is 0 Å². The molecule has 0 aliphatic carbocycles. The molecular weight excluding hydrogens is 389 g/mol. The maximum absolute atomic E-state index is 5.85. The number of halogens is 1. The van der Waals surface area contributed by atoms with E-state index in [1.165, 1.54) is 38.9 Å². The molecule has 1 aromatic rings. The summed E-state index contributed by atoms with van der Waals surface area (Å²) >= 11 is 0. The van der Waals surface area contributed by atoms with Gasteiger partial charge in [0, 0.05) is 31.4 Å². The number of pyridine rings is 1. The van der Waals surface area contributed by atoms with Gasteiger partial charge < -0.3 is 16.0 Å². The quantitative estimate of drug-likeness (QED) is 0.294. The summed E-state index contributed by atoms with van der Waals surface area (Å²) in [6.45, 7) is 5.36. The second-order valence-corrected chi connectivity index (χ2v) is 5.52. The average Bonchev–Trinajstić information content (AvgIpc) is 3.01. The number of nitrogens with two attached hydrogens (primary N) is 1. The first-order chi connectivity index (χ1) is 10.3. The fourth-order valence-corrected chi connectivity index (χ4v) is 2.57. The van der Waals surface area contributed by atoms with Crippen LogP contribution in [0.5, 0.6) is 0 Å². The first kappa shape index (κ1) is 19.2. The zero-order chi connectivity index (χ0) is 14.8. The van der Waals surface area contributed by atoms with Crippen molar-refractivity contribution in [3.8, 4) is 0 Å². The van der Waals surface area contributed by atoms with Gasteiger partial charge in [0.05, 0.1) is 0 Å². The molecule has 3 N–H and O–H groups in total. The molecule has 0 radical (unpaired) electrons. The van der Waals surface area contributed by atoms with E-state index in [-0.39, 0.29) is 24.0 Å². The van der Waals surface area contributed by atoms with Crippen molar-refractivity contribution in [3.63, 3.8) is 0 Å². The third kappa shape index (κ3) is 7.93. The highest BCUT2D eigenvalue weighted by molar-refractivity contribution is 14.0. The lowest BCUT2D eigenvalue weighted by molar-refractivity contribution is 0.331. The van der Waals surface area contributed by atoms with E-state index < -0.39 is 0 Å². The molecule has 1 fully saturated rings. The van der Waals surface area contributed by atoms with Gasteiger partial charge in [0.1, 0.15) is 0 Å². The molecule has 124 valence electrons. The second-order valence-electron chi connectivity index (χ2n) is 5.52. The molecule has 2 heterocycles. The van der Waals surface area contributed by atoms with Crippen molar-refractivity contribution in [2.45, 2.75) is 32.1 Å². The van der Waals surface area contributed by atoms with E-state index in [2.05, 4.69) is 20.2 Å². The molecule has 0 saturated carbocycles. The van der Waals surface area contributed by atoms with Crippen molar-refractivity contribution < 1.29 is 0 Å². The highest BCUT2D eigenvalue weighted by atomic mass is 127. The maximum atomic E-state index is 5.85. The Bertz CT molecular complexity index is 418. The number of unbranched alkanes of at least 4 members (excludes halogenated alkanes) is 1. The van der Waals surface area contributed by atoms with Gasteiger partial charge in [-0.15, -0.1) is 24.0 Å². The lowest BCUT2D eigenvalue weighted by Gasteiger charge is -2.13. The molecule has 0 amide bonds. The van der Waals surface area contributed by atoms with Crippen molar-refractivity contribution >= 4 is 29.9 Å². The van der Waals surface area contributed by atoms with Crippen molar-refractivity contribution in [3.05, 3.63) is 30.1 Å². The van der Waals surface area contributed by atoms with Crippen LogP contribution in [0.25, 0.3) is 0 Å². The molecule has 2 rings (SSSR count). The van der Waals surface area contributed by atoms with Gasteiger partial charge in [-0.1, -0.05) is 6.07 Å². The van der Waals surface area contributed by atoms with Crippen molar-refractivity contribution in [2.24, 2.45) is 10.7 Å². The number of rotatable bonds is 8. The SMILES string of the molecule is I.NC(=NCCCCN1CCCC1)NCCc1ccccn1. The highest BCUT2D eigenvalue weighted by Gasteiger charge is 2.09. The Morgan fingerprint density at radius 2 is 2.09 bits per heavy atom. The highest BCUT2D eigenvalue weighted by Crippen LogP contribution is 2.08. The van der Waals surface area contributed by atoms with Crippen molar-refractivity contribution in [2.75, 3.05) is 32.7 Å². The second kappa shape index (κ2) is 11.6. The number of aliphatic imine (C=N–C) groups is 1. The zero-order valence-corrected chi connectivity index (χ0v) is 15.5. The van der Waals surface area contributed by atoms with Crippen LogP contribution in [0.4, 0.5) is 0 Å². The largest absolute Gasteiger partial charge is 0.370 e. The van der Waals surface area contributed by atoms with Gasteiger partial charge in [0.15, 0.2) is 5.96 Å². The lowest BCUT2D eigenvalue weighted by atomic mass is 10.3. The summed E-state index contributed by atoms with van der Waals surface area (Å²) in [7, 11) is 0. The fourth-order valence-electron chi connectivity index (χ4n) is 2.57. The minimum atomic E-state index is 0. The molecule has 0 aromatic carbocycles. The zero-order valence-electron chi connectivity index (χ0n) is 13.2. The predicted octanol–water partition coefficient (Wildman–Crippen LogP) is 2.02. The van der Waals surface area contributed by atoms with E-state index in [9.17, 15) is 0 Å². The summed E-state index contributed by atoms with van der Waals surface area (Å²) in [6, 6.07) is 5.95. The first-order valence-electron chi connectivity index (χ1n) is 8.00. The third-order valence-electron chi connectivity index (χ3n) is 3.78. The van der Waals surface area contributed by atoms with Gasteiger partial charge in [-0.25, -0.2) is 0 Å². The van der Waals surface area contributed by atoms with Gasteiger partial charge in [0.25, 0.3) is 0 Å². The van der Waals surface area contributed by atoms with Crippen LogP contribution in [-0.4, -0.2) is 48.6 Å². The number of likely N-dealkylation sites (tertiary alicyclic amines) is 1. The molecule has 1 saturated heterocycles. The average molecular weight is 417 g/mol. The Labute approximate surface area is 150 Å². The van der Waals surface area contributed by atoms with Crippen LogP contribution in [0.2, 0.25) is 0 Å². The van der Waals surface area contributed by atoms with E-state index in [0.717, 1.165) is 31.6 Å². The predicted molar refractivity (Wildman–Crippen MR) is 103 cm³/mol. The monoisotopic (exact) mass is 417 g/mol. The third-order valence-corrected chi connectivity index (χ3v) is 3.78. The Morgan fingerprint density at radius 1 is 1.27 bits per heavy atom. The Morgan fingerprint density at radius 3 is 2.82 bits per heavy atom. The van der Waals surface area contributed by atoms with Crippen LogP contribution < -0.4 is 11.1 Å². The standard InChI is InChI=1S/C16H27N5.HI/c17-16(20-11-8-15-7-1-2-9-18-15)19-10-3-4-12-21-13-5-6-14-21;/h1-2,7,9H,3-6,8,10-14H2,(H3,17,19,20);1H. The number of guanidine groups is 1. The summed E-state index contributed by atoms with van der Waals surface area (Å²) in [5, 5.41) is 3.14. The first-order valence-corrected chi connectivity index (χ1v) is 8.00. The number of hydrogen-bond acceptors (Lipinski definition) is 3. The molecule has 0 spiro atoms. The van der Waals surface area contributed by atoms with Gasteiger partial charge in [-0.05, 0) is 57.5 Å². The molecule has 0 bridgehead atoms. The van der Waals surface area contributed by atoms with Crippen LogP contribution in [0.15, 0.2) is 29.4 Å².